The van der Waals surface area contributed by atoms with Crippen molar-refractivity contribution in [2.75, 3.05) is 0 Å². The molecule has 0 aliphatic rings. The predicted octanol–water partition coefficient (Wildman–Crippen LogP) is 3.58. The third kappa shape index (κ3) is 2.54. The van der Waals surface area contributed by atoms with Crippen molar-refractivity contribution in [3.8, 4) is 0 Å². The Morgan fingerprint density at radius 1 is 1.43 bits per heavy atom. The highest BCUT2D eigenvalue weighted by Crippen LogP contribution is 2.29. The molecule has 3 aromatic rings. The van der Waals surface area contributed by atoms with Crippen LogP contribution in [0.5, 0.6) is 0 Å². The van der Waals surface area contributed by atoms with E-state index in [0.29, 0.717) is 0 Å². The fourth-order valence-corrected chi connectivity index (χ4v) is 3.28. The lowest BCUT2D eigenvalue weighted by Crippen LogP contribution is -2.11. The smallest absolute Gasteiger partial charge is 0.335 e. The van der Waals surface area contributed by atoms with Gasteiger partial charge >= 0.3 is 5.97 Å². The number of thiophene rings is 1. The third-order valence-electron chi connectivity index (χ3n) is 3.45. The molecular formula is C15H15N3O2S. The summed E-state index contributed by atoms with van der Waals surface area (Å²) < 4.78 is 1.84. The van der Waals surface area contributed by atoms with Crippen molar-refractivity contribution in [2.45, 2.75) is 25.8 Å². The minimum atomic E-state index is -0.937. The number of carboxylic acids is 1. The molecule has 1 atom stereocenters. The van der Waals surface area contributed by atoms with Crippen molar-refractivity contribution in [2.24, 2.45) is 0 Å². The Bertz CT molecular complexity index is 764. The number of nitrogens with zero attached hydrogens (tertiary/aromatic N) is 3. The zero-order chi connectivity index (χ0) is 14.8. The van der Waals surface area contributed by atoms with Crippen molar-refractivity contribution >= 4 is 28.3 Å². The lowest BCUT2D eigenvalue weighted by Gasteiger charge is -2.15. The van der Waals surface area contributed by atoms with Crippen molar-refractivity contribution in [1.29, 1.82) is 0 Å². The average molecular weight is 301 g/mol. The van der Waals surface area contributed by atoms with Crippen LogP contribution in [0.4, 0.5) is 0 Å². The van der Waals surface area contributed by atoms with Crippen molar-refractivity contribution in [1.82, 2.24) is 15.0 Å². The second-order valence-electron chi connectivity index (χ2n) is 4.86. The van der Waals surface area contributed by atoms with E-state index in [4.69, 9.17) is 5.11 Å². The van der Waals surface area contributed by atoms with Crippen LogP contribution in [0.2, 0.25) is 0 Å². The van der Waals surface area contributed by atoms with Crippen LogP contribution in [0.25, 0.3) is 11.0 Å². The summed E-state index contributed by atoms with van der Waals surface area (Å²) in [7, 11) is 0. The summed E-state index contributed by atoms with van der Waals surface area (Å²) in [5.74, 6) is -0.937. The normalized spacial score (nSPS) is 12.6. The molecular weight excluding hydrogens is 286 g/mol. The molecule has 0 aliphatic carbocycles. The number of fused-ring (bicyclic) bond motifs is 1. The first-order chi connectivity index (χ1) is 10.2. The van der Waals surface area contributed by atoms with Crippen LogP contribution < -0.4 is 0 Å². The van der Waals surface area contributed by atoms with Gasteiger partial charge in [0.15, 0.2) is 0 Å². The van der Waals surface area contributed by atoms with Gasteiger partial charge in [0.2, 0.25) is 0 Å². The largest absolute Gasteiger partial charge is 0.478 e. The van der Waals surface area contributed by atoms with E-state index in [1.165, 1.54) is 4.88 Å². The highest BCUT2D eigenvalue weighted by Gasteiger charge is 2.19. The molecule has 0 aliphatic heterocycles. The van der Waals surface area contributed by atoms with E-state index in [0.717, 1.165) is 23.9 Å². The Balaban J connectivity index is 2.13. The van der Waals surface area contributed by atoms with Gasteiger partial charge in [-0.1, -0.05) is 24.6 Å². The molecule has 1 N–H and O–H groups in total. The third-order valence-corrected chi connectivity index (χ3v) is 4.42. The van der Waals surface area contributed by atoms with Crippen molar-refractivity contribution in [3.05, 3.63) is 46.2 Å². The van der Waals surface area contributed by atoms with Gasteiger partial charge in [-0.2, -0.15) is 0 Å². The van der Waals surface area contributed by atoms with E-state index in [-0.39, 0.29) is 11.6 Å². The maximum atomic E-state index is 11.2. The van der Waals surface area contributed by atoms with Gasteiger partial charge in [0.05, 0.1) is 17.1 Å². The zero-order valence-electron chi connectivity index (χ0n) is 11.6. The summed E-state index contributed by atoms with van der Waals surface area (Å²) >= 11 is 1.68. The Morgan fingerprint density at radius 2 is 2.29 bits per heavy atom. The number of carboxylic acid groups (broad SMARTS) is 1. The molecule has 108 valence electrons. The number of carbonyl (C=O) groups is 1. The van der Waals surface area contributed by atoms with Gasteiger partial charge in [-0.05, 0) is 36.1 Å². The van der Waals surface area contributed by atoms with Crippen LogP contribution in [0, 0.1) is 0 Å². The van der Waals surface area contributed by atoms with Gasteiger partial charge in [0.25, 0.3) is 0 Å². The van der Waals surface area contributed by atoms with Crippen LogP contribution in [-0.4, -0.2) is 26.1 Å². The summed E-state index contributed by atoms with van der Waals surface area (Å²) in [5.41, 5.74) is 1.74. The average Bonchev–Trinajstić information content (AvgIpc) is 3.14. The lowest BCUT2D eigenvalue weighted by atomic mass is 10.1. The van der Waals surface area contributed by atoms with Gasteiger partial charge in [0.1, 0.15) is 5.52 Å². The predicted molar refractivity (Wildman–Crippen MR) is 81.9 cm³/mol. The van der Waals surface area contributed by atoms with E-state index in [1.807, 2.05) is 16.1 Å². The summed E-state index contributed by atoms with van der Waals surface area (Å²) in [6, 6.07) is 9.12. The first kappa shape index (κ1) is 13.8. The number of hydrogen-bond acceptors (Lipinski definition) is 4. The summed E-state index contributed by atoms with van der Waals surface area (Å²) in [5, 5.41) is 19.6. The second-order valence-corrected chi connectivity index (χ2v) is 5.84. The Hall–Kier alpha value is -2.21. The molecule has 2 heterocycles. The number of rotatable bonds is 5. The summed E-state index contributed by atoms with van der Waals surface area (Å²) in [6.07, 6.45) is 1.96. The quantitative estimate of drug-likeness (QED) is 0.782. The highest BCUT2D eigenvalue weighted by atomic mass is 32.1. The van der Waals surface area contributed by atoms with Crippen LogP contribution in [-0.2, 0) is 0 Å². The van der Waals surface area contributed by atoms with Crippen molar-refractivity contribution < 1.29 is 9.90 Å². The van der Waals surface area contributed by atoms with Crippen molar-refractivity contribution in [3.63, 3.8) is 0 Å². The van der Waals surface area contributed by atoms with Gasteiger partial charge in [0, 0.05) is 4.88 Å². The monoisotopic (exact) mass is 301 g/mol. The molecule has 2 aromatic heterocycles. The molecule has 1 unspecified atom stereocenters. The molecule has 1 aromatic carbocycles. The molecule has 0 saturated heterocycles. The SMILES string of the molecule is CCCC(c1cccs1)n1nnc2ccc(C(=O)O)cc21. The number of aromatic nitrogens is 3. The van der Waals surface area contributed by atoms with Crippen LogP contribution in [0.15, 0.2) is 35.7 Å². The fraction of sp³-hybridized carbons (Fsp3) is 0.267. The molecule has 0 fully saturated rings. The van der Waals surface area contributed by atoms with Gasteiger partial charge in [-0.25, -0.2) is 9.48 Å². The van der Waals surface area contributed by atoms with Gasteiger partial charge < -0.3 is 5.11 Å². The minimum absolute atomic E-state index is 0.101. The molecule has 21 heavy (non-hydrogen) atoms. The maximum Gasteiger partial charge on any atom is 0.335 e. The Kier molecular flexibility index (Phi) is 3.70. The van der Waals surface area contributed by atoms with E-state index in [2.05, 4.69) is 23.3 Å². The van der Waals surface area contributed by atoms with E-state index < -0.39 is 5.97 Å². The molecule has 0 radical (unpaired) electrons. The molecule has 3 rings (SSSR count). The molecule has 0 saturated carbocycles. The molecule has 0 spiro atoms. The molecule has 5 nitrogen and oxygen atoms in total. The number of benzene rings is 1. The number of aromatic carboxylic acids is 1. The Morgan fingerprint density at radius 3 is 2.95 bits per heavy atom. The van der Waals surface area contributed by atoms with Crippen LogP contribution in [0.1, 0.15) is 41.0 Å². The topological polar surface area (TPSA) is 68.0 Å². The number of hydrogen-bond donors (Lipinski definition) is 1. The summed E-state index contributed by atoms with van der Waals surface area (Å²) in [6.45, 7) is 2.13. The lowest BCUT2D eigenvalue weighted by molar-refractivity contribution is 0.0697. The second kappa shape index (κ2) is 5.65. The van der Waals surface area contributed by atoms with Crippen LogP contribution >= 0.6 is 11.3 Å². The maximum absolute atomic E-state index is 11.2. The van der Waals surface area contributed by atoms with E-state index in [1.54, 1.807) is 29.5 Å². The zero-order valence-corrected chi connectivity index (χ0v) is 12.4. The standard InChI is InChI=1S/C15H15N3O2S/c1-2-4-12(14-5-3-8-21-14)18-13-9-10(15(19)20)6-7-11(13)16-17-18/h3,5-9,12H,2,4H2,1H3,(H,19,20). The van der Waals surface area contributed by atoms with E-state index in [9.17, 15) is 4.79 Å². The first-order valence-electron chi connectivity index (χ1n) is 6.82. The molecule has 0 bridgehead atoms. The fourth-order valence-electron chi connectivity index (χ4n) is 2.44. The molecule has 0 amide bonds. The molecule has 6 heteroatoms. The van der Waals surface area contributed by atoms with Gasteiger partial charge in [-0.15, -0.1) is 16.4 Å². The first-order valence-corrected chi connectivity index (χ1v) is 7.70. The Labute approximate surface area is 125 Å². The van der Waals surface area contributed by atoms with Gasteiger partial charge in [-0.3, -0.25) is 0 Å². The van der Waals surface area contributed by atoms with E-state index >= 15 is 0 Å². The minimum Gasteiger partial charge on any atom is -0.478 e. The highest BCUT2D eigenvalue weighted by molar-refractivity contribution is 7.10. The summed E-state index contributed by atoms with van der Waals surface area (Å²) in [4.78, 5) is 12.4. The van der Waals surface area contributed by atoms with Crippen LogP contribution in [0.3, 0.4) is 0 Å².